The maximum Gasteiger partial charge on any atom is 0.347 e. The molecule has 0 aromatic heterocycles. The fourth-order valence-corrected chi connectivity index (χ4v) is 1.93. The zero-order valence-corrected chi connectivity index (χ0v) is 14.0. The number of nitro groups is 1. The molecule has 1 atom stereocenters. The number of rotatable bonds is 7. The van der Waals surface area contributed by atoms with Crippen LogP contribution in [0.5, 0.6) is 5.75 Å². The van der Waals surface area contributed by atoms with Gasteiger partial charge in [0.25, 0.3) is 11.6 Å². The van der Waals surface area contributed by atoms with Crippen LogP contribution in [0.4, 0.5) is 20.2 Å². The lowest BCUT2D eigenvalue weighted by Gasteiger charge is -2.14. The van der Waals surface area contributed by atoms with E-state index >= 15 is 0 Å². The van der Waals surface area contributed by atoms with E-state index in [1.54, 1.807) is 0 Å². The molecule has 1 amide bonds. The molecule has 142 valence electrons. The van der Waals surface area contributed by atoms with E-state index < -0.39 is 52.5 Å². The first-order chi connectivity index (χ1) is 12.8. The Kier molecular flexibility index (Phi) is 6.36. The third-order valence-corrected chi connectivity index (χ3v) is 3.24. The third-order valence-electron chi connectivity index (χ3n) is 3.24. The number of carbonyl (C=O) groups excluding carboxylic acids is 2. The van der Waals surface area contributed by atoms with Crippen molar-refractivity contribution in [3.05, 3.63) is 64.2 Å². The normalized spacial score (nSPS) is 11.4. The van der Waals surface area contributed by atoms with Crippen molar-refractivity contribution >= 4 is 23.3 Å². The number of amides is 1. The molecule has 2 aromatic carbocycles. The minimum atomic E-state index is -1.09. The summed E-state index contributed by atoms with van der Waals surface area (Å²) in [6.07, 6.45) is -1.09. The molecule has 0 saturated heterocycles. The summed E-state index contributed by atoms with van der Waals surface area (Å²) in [6, 6.07) is 7.55. The number of non-ortho nitro benzene ring substituents is 1. The van der Waals surface area contributed by atoms with Crippen LogP contribution in [0, 0.1) is 21.7 Å². The first-order valence-electron chi connectivity index (χ1n) is 7.59. The summed E-state index contributed by atoms with van der Waals surface area (Å²) in [5.74, 6) is -2.90. The maximum atomic E-state index is 13.6. The van der Waals surface area contributed by atoms with Crippen molar-refractivity contribution in [3.63, 3.8) is 0 Å². The molecule has 0 radical (unpaired) electrons. The molecule has 0 spiro atoms. The van der Waals surface area contributed by atoms with Crippen molar-refractivity contribution in [2.75, 3.05) is 11.9 Å². The van der Waals surface area contributed by atoms with Crippen molar-refractivity contribution in [1.29, 1.82) is 0 Å². The van der Waals surface area contributed by atoms with E-state index in [0.29, 0.717) is 0 Å². The van der Waals surface area contributed by atoms with E-state index in [2.05, 4.69) is 5.32 Å². The summed E-state index contributed by atoms with van der Waals surface area (Å²) in [4.78, 5) is 33.5. The van der Waals surface area contributed by atoms with E-state index in [1.165, 1.54) is 19.1 Å². The van der Waals surface area contributed by atoms with Gasteiger partial charge in [-0.1, -0.05) is 0 Å². The number of halogens is 2. The van der Waals surface area contributed by atoms with Crippen LogP contribution in [0.3, 0.4) is 0 Å². The Balaban J connectivity index is 1.87. The molecule has 0 bridgehead atoms. The van der Waals surface area contributed by atoms with Gasteiger partial charge < -0.3 is 14.8 Å². The molecule has 27 heavy (non-hydrogen) atoms. The molecule has 1 N–H and O–H groups in total. The lowest BCUT2D eigenvalue weighted by atomic mass is 10.2. The molecule has 0 heterocycles. The number of hydrogen-bond donors (Lipinski definition) is 1. The molecule has 8 nitrogen and oxygen atoms in total. The van der Waals surface area contributed by atoms with Crippen LogP contribution in [0.25, 0.3) is 0 Å². The molecular formula is C17H14F2N2O6. The fourth-order valence-electron chi connectivity index (χ4n) is 1.93. The van der Waals surface area contributed by atoms with Gasteiger partial charge in [0.15, 0.2) is 12.7 Å². The summed E-state index contributed by atoms with van der Waals surface area (Å²) in [6.45, 7) is 0.613. The summed E-state index contributed by atoms with van der Waals surface area (Å²) in [5.41, 5.74) is -0.828. The molecule has 0 aliphatic rings. The number of anilines is 1. The molecule has 0 saturated carbocycles. The average Bonchev–Trinajstić information content (AvgIpc) is 2.63. The van der Waals surface area contributed by atoms with Crippen LogP contribution in [0.15, 0.2) is 42.5 Å². The summed E-state index contributed by atoms with van der Waals surface area (Å²) in [7, 11) is 0. The topological polar surface area (TPSA) is 108 Å². The Morgan fingerprint density at radius 3 is 2.48 bits per heavy atom. The van der Waals surface area contributed by atoms with Crippen LogP contribution >= 0.6 is 0 Å². The molecular weight excluding hydrogens is 366 g/mol. The van der Waals surface area contributed by atoms with Gasteiger partial charge >= 0.3 is 5.97 Å². The van der Waals surface area contributed by atoms with E-state index in [9.17, 15) is 28.5 Å². The third kappa shape index (κ3) is 5.73. The number of nitro benzene ring substituents is 1. The summed E-state index contributed by atoms with van der Waals surface area (Å²) in [5, 5.41) is 12.8. The number of hydrogen-bond acceptors (Lipinski definition) is 6. The molecule has 0 aliphatic heterocycles. The highest BCUT2D eigenvalue weighted by atomic mass is 19.1. The van der Waals surface area contributed by atoms with E-state index in [1.807, 2.05) is 0 Å². The lowest BCUT2D eigenvalue weighted by Crippen LogP contribution is -2.29. The van der Waals surface area contributed by atoms with Gasteiger partial charge in [0, 0.05) is 12.1 Å². The molecule has 0 fully saturated rings. The Morgan fingerprint density at radius 2 is 1.85 bits per heavy atom. The Hall–Kier alpha value is -3.56. The van der Waals surface area contributed by atoms with Gasteiger partial charge in [0.05, 0.1) is 10.6 Å². The van der Waals surface area contributed by atoms with Gasteiger partial charge in [-0.3, -0.25) is 14.9 Å². The average molecular weight is 380 g/mol. The Labute approximate surface area is 151 Å². The second-order valence-electron chi connectivity index (χ2n) is 5.29. The maximum absolute atomic E-state index is 13.6. The molecule has 2 aromatic rings. The van der Waals surface area contributed by atoms with Gasteiger partial charge in [-0.2, -0.15) is 0 Å². The Bertz CT molecular complexity index is 857. The summed E-state index contributed by atoms with van der Waals surface area (Å²) >= 11 is 0. The summed E-state index contributed by atoms with van der Waals surface area (Å²) < 4.78 is 36.4. The van der Waals surface area contributed by atoms with E-state index in [-0.39, 0.29) is 5.75 Å². The van der Waals surface area contributed by atoms with Crippen molar-refractivity contribution in [1.82, 2.24) is 0 Å². The first-order valence-corrected chi connectivity index (χ1v) is 7.59. The zero-order valence-electron chi connectivity index (χ0n) is 14.0. The second-order valence-corrected chi connectivity index (χ2v) is 5.29. The van der Waals surface area contributed by atoms with Crippen LogP contribution in [-0.2, 0) is 14.3 Å². The minimum absolute atomic E-state index is 0.226. The number of nitrogens with zero attached hydrogens (tertiary/aromatic N) is 1. The lowest BCUT2D eigenvalue weighted by molar-refractivity contribution is -0.384. The van der Waals surface area contributed by atoms with Crippen LogP contribution < -0.4 is 10.1 Å². The highest BCUT2D eigenvalue weighted by Crippen LogP contribution is 2.21. The second kappa shape index (κ2) is 8.70. The number of nitrogens with one attached hydrogen (secondary N) is 1. The minimum Gasteiger partial charge on any atom is -0.479 e. The monoisotopic (exact) mass is 380 g/mol. The number of ether oxygens (including phenoxy) is 2. The van der Waals surface area contributed by atoms with Crippen molar-refractivity contribution in [2.45, 2.75) is 13.0 Å². The smallest absolute Gasteiger partial charge is 0.347 e. The van der Waals surface area contributed by atoms with Crippen LogP contribution in [0.2, 0.25) is 0 Å². The van der Waals surface area contributed by atoms with Crippen LogP contribution in [0.1, 0.15) is 6.92 Å². The van der Waals surface area contributed by atoms with Gasteiger partial charge in [0.1, 0.15) is 17.4 Å². The van der Waals surface area contributed by atoms with Gasteiger partial charge in [-0.05, 0) is 37.3 Å². The fraction of sp³-hybridized carbons (Fsp3) is 0.176. The van der Waals surface area contributed by atoms with Crippen molar-refractivity contribution in [2.24, 2.45) is 0 Å². The predicted molar refractivity (Wildman–Crippen MR) is 89.1 cm³/mol. The van der Waals surface area contributed by atoms with Crippen molar-refractivity contribution < 1.29 is 32.8 Å². The predicted octanol–water partition coefficient (Wildman–Crippen LogP) is 2.82. The Morgan fingerprint density at radius 1 is 1.19 bits per heavy atom. The zero-order chi connectivity index (χ0) is 20.0. The number of benzene rings is 2. The number of esters is 1. The SMILES string of the molecule is C[C@@H](Oc1ccc(F)cc1)C(=O)OCC(=O)Nc1cc([N+](=O)[O-])ccc1F. The standard InChI is InChI=1S/C17H14F2N2O6/c1-10(27-13-5-2-11(18)3-6-13)17(23)26-9-16(22)20-15-8-12(21(24)25)4-7-14(15)19/h2-8,10H,9H2,1H3,(H,20,22)/t10-/m1/s1. The molecule has 0 aliphatic carbocycles. The van der Waals surface area contributed by atoms with Crippen LogP contribution in [-0.4, -0.2) is 29.5 Å². The quantitative estimate of drug-likeness (QED) is 0.450. The largest absolute Gasteiger partial charge is 0.479 e. The first kappa shape index (κ1) is 19.8. The molecule has 2 rings (SSSR count). The highest BCUT2D eigenvalue weighted by Gasteiger charge is 2.19. The van der Waals surface area contributed by atoms with Gasteiger partial charge in [-0.25, -0.2) is 13.6 Å². The van der Waals surface area contributed by atoms with Gasteiger partial charge in [0.2, 0.25) is 0 Å². The molecule has 0 unspecified atom stereocenters. The van der Waals surface area contributed by atoms with E-state index in [0.717, 1.165) is 30.3 Å². The number of carbonyl (C=O) groups is 2. The van der Waals surface area contributed by atoms with Crippen molar-refractivity contribution in [3.8, 4) is 5.75 Å². The van der Waals surface area contributed by atoms with E-state index in [4.69, 9.17) is 9.47 Å². The highest BCUT2D eigenvalue weighted by molar-refractivity contribution is 5.93. The molecule has 10 heteroatoms. The van der Waals surface area contributed by atoms with Gasteiger partial charge in [-0.15, -0.1) is 0 Å².